The van der Waals surface area contributed by atoms with Gasteiger partial charge in [0.2, 0.25) is 5.95 Å². The number of aromatic nitrogens is 2. The quantitative estimate of drug-likeness (QED) is 0.711. The summed E-state index contributed by atoms with van der Waals surface area (Å²) in [7, 11) is 0. The van der Waals surface area contributed by atoms with E-state index >= 15 is 0 Å². The molecule has 0 spiro atoms. The van der Waals surface area contributed by atoms with Crippen molar-refractivity contribution in [2.75, 3.05) is 50.9 Å². The van der Waals surface area contributed by atoms with Gasteiger partial charge in [-0.3, -0.25) is 0 Å². The molecule has 0 atom stereocenters. The van der Waals surface area contributed by atoms with Crippen molar-refractivity contribution in [1.82, 2.24) is 14.9 Å². The Balaban J connectivity index is 1.38. The Bertz CT molecular complexity index is 615. The van der Waals surface area contributed by atoms with Crippen LogP contribution in [0.1, 0.15) is 18.4 Å². The molecule has 0 aliphatic carbocycles. The van der Waals surface area contributed by atoms with Crippen LogP contribution in [0, 0.1) is 0 Å². The van der Waals surface area contributed by atoms with Gasteiger partial charge >= 0.3 is 12.3 Å². The fraction of sp³-hybridized carbons (Fsp3) is 0.688. The maximum atomic E-state index is 12.6. The molecule has 1 amide bonds. The van der Waals surface area contributed by atoms with Gasteiger partial charge in [-0.05, 0) is 6.42 Å². The fourth-order valence-electron chi connectivity index (χ4n) is 2.79. The molecule has 0 bridgehead atoms. The molecule has 8 nitrogen and oxygen atoms in total. The Morgan fingerprint density at radius 3 is 2.37 bits per heavy atom. The SMILES string of the molecule is O=C(OCCCC1OCCO1)N1CCN(c2ncc(C(F)(F)F)cn2)CC1. The Kier molecular flexibility index (Phi) is 6.32. The van der Waals surface area contributed by atoms with E-state index in [1.54, 1.807) is 9.80 Å². The number of piperazine rings is 1. The lowest BCUT2D eigenvalue weighted by Crippen LogP contribution is -2.49. The summed E-state index contributed by atoms with van der Waals surface area (Å²) in [5, 5.41) is 0. The van der Waals surface area contributed by atoms with Crippen LogP contribution in [-0.4, -0.2) is 73.3 Å². The first-order valence-corrected chi connectivity index (χ1v) is 8.72. The molecule has 2 aliphatic rings. The summed E-state index contributed by atoms with van der Waals surface area (Å²) in [6.45, 7) is 3.09. The summed E-state index contributed by atoms with van der Waals surface area (Å²) in [6.07, 6.45) is -2.23. The lowest BCUT2D eigenvalue weighted by molar-refractivity contribution is -0.138. The van der Waals surface area contributed by atoms with Gasteiger partial charge in [-0.2, -0.15) is 13.2 Å². The third kappa shape index (κ3) is 5.42. The smallest absolute Gasteiger partial charge is 0.419 e. The van der Waals surface area contributed by atoms with E-state index in [0.29, 0.717) is 52.2 Å². The van der Waals surface area contributed by atoms with E-state index in [0.717, 1.165) is 12.4 Å². The normalized spacial score (nSPS) is 18.8. The summed E-state index contributed by atoms with van der Waals surface area (Å²) in [6, 6.07) is 0. The molecule has 2 saturated heterocycles. The highest BCUT2D eigenvalue weighted by Crippen LogP contribution is 2.28. The first-order valence-electron chi connectivity index (χ1n) is 8.72. The molecule has 150 valence electrons. The van der Waals surface area contributed by atoms with Gasteiger partial charge in [-0.1, -0.05) is 0 Å². The largest absolute Gasteiger partial charge is 0.449 e. The minimum Gasteiger partial charge on any atom is -0.449 e. The van der Waals surface area contributed by atoms with Crippen LogP contribution in [-0.2, 0) is 20.4 Å². The summed E-state index contributed by atoms with van der Waals surface area (Å²) < 4.78 is 53.5. The van der Waals surface area contributed by atoms with Crippen LogP contribution < -0.4 is 4.90 Å². The highest BCUT2D eigenvalue weighted by molar-refractivity contribution is 5.68. The third-order valence-electron chi connectivity index (χ3n) is 4.29. The first-order chi connectivity index (χ1) is 12.9. The van der Waals surface area contributed by atoms with E-state index in [-0.39, 0.29) is 18.8 Å². The van der Waals surface area contributed by atoms with Crippen molar-refractivity contribution in [3.63, 3.8) is 0 Å². The number of ether oxygens (including phenoxy) is 3. The van der Waals surface area contributed by atoms with E-state index in [2.05, 4.69) is 9.97 Å². The molecule has 0 radical (unpaired) electrons. The van der Waals surface area contributed by atoms with Crippen molar-refractivity contribution in [2.45, 2.75) is 25.3 Å². The number of carbonyl (C=O) groups excluding carboxylic acids is 1. The van der Waals surface area contributed by atoms with E-state index in [4.69, 9.17) is 14.2 Å². The topological polar surface area (TPSA) is 77.0 Å². The number of anilines is 1. The molecule has 27 heavy (non-hydrogen) atoms. The molecule has 3 rings (SSSR count). The van der Waals surface area contributed by atoms with E-state index in [1.807, 2.05) is 0 Å². The van der Waals surface area contributed by atoms with Crippen LogP contribution in [0.2, 0.25) is 0 Å². The number of carbonyl (C=O) groups is 1. The molecule has 0 N–H and O–H groups in total. The zero-order valence-corrected chi connectivity index (χ0v) is 14.7. The van der Waals surface area contributed by atoms with Crippen LogP contribution in [0.4, 0.5) is 23.9 Å². The molecular formula is C16H21F3N4O4. The highest BCUT2D eigenvalue weighted by Gasteiger charge is 2.32. The lowest BCUT2D eigenvalue weighted by atomic mass is 10.3. The fourth-order valence-corrected chi connectivity index (χ4v) is 2.79. The second-order valence-corrected chi connectivity index (χ2v) is 6.17. The second kappa shape index (κ2) is 8.70. The van der Waals surface area contributed by atoms with Crippen molar-refractivity contribution < 1.29 is 32.2 Å². The summed E-state index contributed by atoms with van der Waals surface area (Å²) >= 11 is 0. The van der Waals surface area contributed by atoms with Crippen LogP contribution in [0.3, 0.4) is 0 Å². The van der Waals surface area contributed by atoms with Gasteiger partial charge in [0.1, 0.15) is 0 Å². The summed E-state index contributed by atoms with van der Waals surface area (Å²) in [4.78, 5) is 22.9. The number of rotatable bonds is 5. The van der Waals surface area contributed by atoms with Crippen LogP contribution >= 0.6 is 0 Å². The van der Waals surface area contributed by atoms with Crippen molar-refractivity contribution in [1.29, 1.82) is 0 Å². The monoisotopic (exact) mass is 390 g/mol. The number of hydrogen-bond acceptors (Lipinski definition) is 7. The number of halogens is 3. The van der Waals surface area contributed by atoms with Crippen molar-refractivity contribution in [2.24, 2.45) is 0 Å². The second-order valence-electron chi connectivity index (χ2n) is 6.17. The van der Waals surface area contributed by atoms with Crippen molar-refractivity contribution in [3.8, 4) is 0 Å². The van der Waals surface area contributed by atoms with E-state index in [9.17, 15) is 18.0 Å². The summed E-state index contributed by atoms with van der Waals surface area (Å²) in [5.74, 6) is 0.215. The molecule has 2 fully saturated rings. The molecule has 0 unspecified atom stereocenters. The summed E-state index contributed by atoms with van der Waals surface area (Å²) in [5.41, 5.74) is -0.887. The molecule has 1 aromatic rings. The van der Waals surface area contributed by atoms with Crippen molar-refractivity contribution >= 4 is 12.0 Å². The predicted octanol–water partition coefficient (Wildman–Crippen LogP) is 1.91. The van der Waals surface area contributed by atoms with Gasteiger partial charge in [0.15, 0.2) is 6.29 Å². The maximum Gasteiger partial charge on any atom is 0.419 e. The Labute approximate surface area is 154 Å². The Morgan fingerprint density at radius 2 is 1.78 bits per heavy atom. The molecule has 0 saturated carbocycles. The zero-order valence-electron chi connectivity index (χ0n) is 14.7. The molecular weight excluding hydrogens is 369 g/mol. The number of hydrogen-bond donors (Lipinski definition) is 0. The van der Waals surface area contributed by atoms with Gasteiger partial charge < -0.3 is 24.0 Å². The van der Waals surface area contributed by atoms with Gasteiger partial charge in [0.05, 0.1) is 25.4 Å². The average Bonchev–Trinajstić information content (AvgIpc) is 3.18. The van der Waals surface area contributed by atoms with Crippen molar-refractivity contribution in [3.05, 3.63) is 18.0 Å². The predicted molar refractivity (Wildman–Crippen MR) is 87.1 cm³/mol. The molecule has 1 aromatic heterocycles. The molecule has 0 aromatic carbocycles. The first kappa shape index (κ1) is 19.6. The van der Waals surface area contributed by atoms with Gasteiger partial charge in [-0.25, -0.2) is 14.8 Å². The number of nitrogens with zero attached hydrogens (tertiary/aromatic N) is 4. The Hall–Kier alpha value is -2.14. The molecule has 3 heterocycles. The van der Waals surface area contributed by atoms with Gasteiger partial charge in [0.25, 0.3) is 0 Å². The van der Waals surface area contributed by atoms with Crippen LogP contribution in [0.25, 0.3) is 0 Å². The van der Waals surface area contributed by atoms with Gasteiger partial charge in [-0.15, -0.1) is 0 Å². The molecule has 11 heteroatoms. The standard InChI is InChI=1S/C16H21F3N4O4/c17-16(18,19)12-10-20-14(21-11-12)22-3-5-23(6-4-22)15(24)27-7-1-2-13-25-8-9-26-13/h10-11,13H,1-9H2. The minimum atomic E-state index is -4.46. The third-order valence-corrected chi connectivity index (χ3v) is 4.29. The van der Waals surface area contributed by atoms with E-state index in [1.165, 1.54) is 0 Å². The lowest BCUT2D eigenvalue weighted by Gasteiger charge is -2.34. The molecule has 2 aliphatic heterocycles. The van der Waals surface area contributed by atoms with Gasteiger partial charge in [0, 0.05) is 45.0 Å². The van der Waals surface area contributed by atoms with Crippen LogP contribution in [0.15, 0.2) is 12.4 Å². The number of amides is 1. The Morgan fingerprint density at radius 1 is 1.15 bits per heavy atom. The van der Waals surface area contributed by atoms with Crippen LogP contribution in [0.5, 0.6) is 0 Å². The van der Waals surface area contributed by atoms with E-state index < -0.39 is 17.8 Å². The number of alkyl halides is 3. The minimum absolute atomic E-state index is 0.212. The average molecular weight is 390 g/mol. The highest BCUT2D eigenvalue weighted by atomic mass is 19.4. The maximum absolute atomic E-state index is 12.6. The zero-order chi connectivity index (χ0) is 19.3.